The molecule has 4 bridgehead atoms. The Morgan fingerprint density at radius 3 is 2.07 bits per heavy atom. The third-order valence-corrected chi connectivity index (χ3v) is 7.57. The van der Waals surface area contributed by atoms with Crippen molar-refractivity contribution >= 4 is 52.3 Å². The van der Waals surface area contributed by atoms with Crippen molar-refractivity contribution in [1.29, 1.82) is 0 Å². The van der Waals surface area contributed by atoms with Crippen LogP contribution in [-0.2, 0) is 19.1 Å². The maximum Gasteiger partial charge on any atom is 0.349 e. The minimum absolute atomic E-state index is 0.107. The van der Waals surface area contributed by atoms with Crippen LogP contribution in [0.3, 0.4) is 0 Å². The summed E-state index contributed by atoms with van der Waals surface area (Å²) in [4.78, 5) is 26.1. The molecule has 0 amide bonds. The summed E-state index contributed by atoms with van der Waals surface area (Å²) in [6, 6.07) is 6.91. The molecule has 1 heterocycles. The van der Waals surface area contributed by atoms with E-state index in [2.05, 4.69) is 0 Å². The molecule has 1 aliphatic heterocycles. The highest BCUT2D eigenvalue weighted by molar-refractivity contribution is 6.78. The fourth-order valence-electron chi connectivity index (χ4n) is 5.98. The second-order valence-corrected chi connectivity index (χ2v) is 11.1. The van der Waals surface area contributed by atoms with Gasteiger partial charge in [-0.05, 0) is 68.2 Å². The van der Waals surface area contributed by atoms with Crippen molar-refractivity contribution in [2.45, 2.75) is 41.7 Å². The van der Waals surface area contributed by atoms with E-state index in [-0.39, 0.29) is 23.2 Å². The van der Waals surface area contributed by atoms with E-state index >= 15 is 0 Å². The molecule has 1 aromatic carbocycles. The molecule has 1 aromatic rings. The number of carbonyl (C=O) groups excluding carboxylic acids is 2. The number of benzene rings is 1. The Labute approximate surface area is 189 Å². The summed E-state index contributed by atoms with van der Waals surface area (Å²) in [6.45, 7) is 0. The van der Waals surface area contributed by atoms with Crippen molar-refractivity contribution in [2.75, 3.05) is 7.11 Å². The van der Waals surface area contributed by atoms with E-state index in [0.29, 0.717) is 23.1 Å². The van der Waals surface area contributed by atoms with E-state index in [1.165, 1.54) is 6.42 Å². The standard InChI is InChI=1S/C22H21Cl3O5/c1-28-16-4-2-13(3-5-16)18-17(19(26)22(23,24)25)20(27)30-21(29-18)14-7-11-6-12(9-14)10-15(21)8-11/h2-5,11-12,14-15H,6-10H2,1H3. The smallest absolute Gasteiger partial charge is 0.349 e. The van der Waals surface area contributed by atoms with Gasteiger partial charge < -0.3 is 14.2 Å². The van der Waals surface area contributed by atoms with Gasteiger partial charge in [-0.1, -0.05) is 34.8 Å². The van der Waals surface area contributed by atoms with Gasteiger partial charge in [0.1, 0.15) is 17.1 Å². The number of hydrogen-bond donors (Lipinski definition) is 0. The average Bonchev–Trinajstić information content (AvgIpc) is 2.70. The zero-order chi connectivity index (χ0) is 21.3. The summed E-state index contributed by atoms with van der Waals surface area (Å²) in [5.41, 5.74) is 0.179. The maximum atomic E-state index is 13.2. The first kappa shape index (κ1) is 20.5. The number of methoxy groups -OCH3 is 1. The molecule has 4 aliphatic carbocycles. The summed E-state index contributed by atoms with van der Waals surface area (Å²) >= 11 is 17.5. The fraction of sp³-hybridized carbons (Fsp3) is 0.545. The van der Waals surface area contributed by atoms with Crippen molar-refractivity contribution in [3.8, 4) is 5.75 Å². The van der Waals surface area contributed by atoms with E-state index in [9.17, 15) is 9.59 Å². The number of esters is 1. The topological polar surface area (TPSA) is 61.8 Å². The van der Waals surface area contributed by atoms with Crippen LogP contribution >= 0.6 is 34.8 Å². The Balaban J connectivity index is 1.62. The minimum atomic E-state index is -2.30. The highest BCUT2D eigenvalue weighted by Crippen LogP contribution is 2.62. The molecular weight excluding hydrogens is 451 g/mol. The van der Waals surface area contributed by atoms with Gasteiger partial charge in [0.25, 0.3) is 9.58 Å². The lowest BCUT2D eigenvalue weighted by atomic mass is 9.53. The highest BCUT2D eigenvalue weighted by atomic mass is 35.6. The van der Waals surface area contributed by atoms with Crippen molar-refractivity contribution < 1.29 is 23.8 Å². The molecule has 0 saturated heterocycles. The van der Waals surface area contributed by atoms with Crippen LogP contribution in [0.1, 0.15) is 37.7 Å². The van der Waals surface area contributed by atoms with Gasteiger partial charge in [-0.25, -0.2) is 4.79 Å². The summed E-state index contributed by atoms with van der Waals surface area (Å²) in [6.07, 6.45) is 5.09. The quantitative estimate of drug-likeness (QED) is 0.350. The first-order chi connectivity index (χ1) is 14.2. The molecule has 4 saturated carbocycles. The van der Waals surface area contributed by atoms with E-state index in [4.69, 9.17) is 49.0 Å². The van der Waals surface area contributed by atoms with Crippen LogP contribution in [0, 0.1) is 23.7 Å². The number of ether oxygens (including phenoxy) is 3. The van der Waals surface area contributed by atoms with E-state index in [0.717, 1.165) is 25.7 Å². The number of halogens is 3. The third kappa shape index (κ3) is 3.12. The summed E-state index contributed by atoms with van der Waals surface area (Å²) in [5, 5.41) is 0. The molecule has 0 N–H and O–H groups in total. The molecular formula is C22H21Cl3O5. The summed E-state index contributed by atoms with van der Waals surface area (Å²) < 4.78 is 15.4. The van der Waals surface area contributed by atoms with Crippen molar-refractivity contribution in [1.82, 2.24) is 0 Å². The Morgan fingerprint density at radius 2 is 1.57 bits per heavy atom. The molecule has 8 heteroatoms. The maximum absolute atomic E-state index is 13.2. The normalized spacial score (nSPS) is 34.7. The zero-order valence-electron chi connectivity index (χ0n) is 16.3. The van der Waals surface area contributed by atoms with Crippen LogP contribution in [0.2, 0.25) is 0 Å². The molecule has 5 aliphatic rings. The number of carbonyl (C=O) groups is 2. The molecule has 0 radical (unpaired) electrons. The monoisotopic (exact) mass is 470 g/mol. The number of alkyl halides is 3. The lowest BCUT2D eigenvalue weighted by Gasteiger charge is -2.60. The van der Waals surface area contributed by atoms with Gasteiger partial charge in [-0.2, -0.15) is 0 Å². The van der Waals surface area contributed by atoms with E-state index in [1.54, 1.807) is 31.4 Å². The number of Topliss-reactive ketones (excluding diaryl/α,β-unsaturated/α-hetero) is 1. The Bertz CT molecular complexity index is 903. The second-order valence-electron chi connectivity index (χ2n) is 8.78. The zero-order valence-corrected chi connectivity index (χ0v) is 18.6. The minimum Gasteiger partial charge on any atom is -0.497 e. The van der Waals surface area contributed by atoms with Gasteiger partial charge in [0.15, 0.2) is 0 Å². The largest absolute Gasteiger partial charge is 0.497 e. The van der Waals surface area contributed by atoms with Crippen LogP contribution in [0.15, 0.2) is 29.8 Å². The van der Waals surface area contributed by atoms with Crippen LogP contribution < -0.4 is 4.74 Å². The summed E-state index contributed by atoms with van der Waals surface area (Å²) in [5.74, 6) is -0.523. The SMILES string of the molecule is COc1ccc(C2=C(C(=O)C(Cl)(Cl)Cl)C(=O)OC3(O2)C2CC4CC(C2)CC3C4)cc1. The van der Waals surface area contributed by atoms with Gasteiger partial charge in [0.2, 0.25) is 5.78 Å². The van der Waals surface area contributed by atoms with Crippen molar-refractivity contribution in [3.05, 3.63) is 35.4 Å². The van der Waals surface area contributed by atoms with Gasteiger partial charge in [0.05, 0.1) is 7.11 Å². The van der Waals surface area contributed by atoms with Gasteiger partial charge in [-0.3, -0.25) is 4.79 Å². The van der Waals surface area contributed by atoms with Gasteiger partial charge in [-0.15, -0.1) is 0 Å². The lowest BCUT2D eigenvalue weighted by Crippen LogP contribution is -2.62. The Morgan fingerprint density at radius 1 is 1.00 bits per heavy atom. The number of hydrogen-bond acceptors (Lipinski definition) is 5. The molecule has 4 fully saturated rings. The Hall–Kier alpha value is -1.43. The number of ketones is 1. The molecule has 0 aromatic heterocycles. The third-order valence-electron chi connectivity index (χ3n) is 7.06. The van der Waals surface area contributed by atoms with Gasteiger partial charge >= 0.3 is 5.97 Å². The molecule has 0 atom stereocenters. The van der Waals surface area contributed by atoms with Crippen LogP contribution in [0.25, 0.3) is 5.76 Å². The Kier molecular flexibility index (Phi) is 4.81. The predicted octanol–water partition coefficient (Wildman–Crippen LogP) is 5.07. The highest BCUT2D eigenvalue weighted by Gasteiger charge is 2.64. The average molecular weight is 472 g/mol. The summed E-state index contributed by atoms with van der Waals surface area (Å²) in [7, 11) is 1.56. The molecule has 30 heavy (non-hydrogen) atoms. The van der Waals surface area contributed by atoms with Crippen molar-refractivity contribution in [2.24, 2.45) is 23.7 Å². The van der Waals surface area contributed by atoms with Crippen LogP contribution in [0.4, 0.5) is 0 Å². The van der Waals surface area contributed by atoms with Gasteiger partial charge in [0, 0.05) is 17.4 Å². The molecule has 6 rings (SSSR count). The fourth-order valence-corrected chi connectivity index (χ4v) is 6.26. The predicted molar refractivity (Wildman–Crippen MR) is 112 cm³/mol. The molecule has 0 unspecified atom stereocenters. The first-order valence-corrected chi connectivity index (χ1v) is 11.3. The van der Waals surface area contributed by atoms with E-state index in [1.807, 2.05) is 0 Å². The van der Waals surface area contributed by atoms with Crippen LogP contribution in [-0.4, -0.2) is 28.4 Å². The number of rotatable bonds is 3. The molecule has 1 spiro atoms. The first-order valence-electron chi connectivity index (χ1n) is 10.1. The van der Waals surface area contributed by atoms with Crippen molar-refractivity contribution in [3.63, 3.8) is 0 Å². The molecule has 160 valence electrons. The van der Waals surface area contributed by atoms with Crippen LogP contribution in [0.5, 0.6) is 5.75 Å². The molecule has 5 nitrogen and oxygen atoms in total. The second kappa shape index (κ2) is 7.04. The van der Waals surface area contributed by atoms with E-state index < -0.39 is 21.3 Å². The lowest BCUT2D eigenvalue weighted by molar-refractivity contribution is -0.301.